The van der Waals surface area contributed by atoms with Crippen LogP contribution < -0.4 is 10.2 Å². The summed E-state index contributed by atoms with van der Waals surface area (Å²) in [5.41, 5.74) is 3.57. The smallest absolute Gasteiger partial charge is 0.0426 e. The number of halogens is 1. The number of nitrogens with zero attached hydrogens (tertiary/aromatic N) is 1. The topological polar surface area (TPSA) is 15.3 Å². The molecule has 0 spiro atoms. The van der Waals surface area contributed by atoms with E-state index in [0.717, 1.165) is 22.9 Å². The highest BCUT2D eigenvalue weighted by Crippen LogP contribution is 2.19. The molecule has 0 fully saturated rings. The van der Waals surface area contributed by atoms with Crippen LogP contribution in [-0.2, 0) is 6.54 Å². The minimum Gasteiger partial charge on any atom is -0.388 e. The Morgan fingerprint density at radius 2 is 1.83 bits per heavy atom. The fraction of sp³-hybridized carbons (Fsp3) is 0.200. The summed E-state index contributed by atoms with van der Waals surface area (Å²) in [5, 5.41) is 3.92. The summed E-state index contributed by atoms with van der Waals surface area (Å²) in [6.07, 6.45) is 0. The molecule has 0 saturated heterocycles. The zero-order chi connectivity index (χ0) is 13.0. The highest BCUT2D eigenvalue weighted by atomic mass is 35.5. The van der Waals surface area contributed by atoms with Crippen LogP contribution in [0.2, 0.25) is 5.02 Å². The lowest BCUT2D eigenvalue weighted by molar-refractivity contribution is 0.923. The maximum Gasteiger partial charge on any atom is 0.0426 e. The predicted octanol–water partition coefficient (Wildman–Crippen LogP) is 4.02. The van der Waals surface area contributed by atoms with Crippen molar-refractivity contribution in [2.45, 2.75) is 6.54 Å². The normalized spacial score (nSPS) is 10.2. The summed E-state index contributed by atoms with van der Waals surface area (Å²) >= 11 is 5.89. The summed E-state index contributed by atoms with van der Waals surface area (Å²) in [5.74, 6) is 0. The molecule has 0 aliphatic carbocycles. The lowest BCUT2D eigenvalue weighted by Crippen LogP contribution is -2.16. The van der Waals surface area contributed by atoms with Crippen LogP contribution in [0.5, 0.6) is 0 Å². The molecule has 2 rings (SSSR count). The van der Waals surface area contributed by atoms with Crippen LogP contribution in [0.25, 0.3) is 0 Å². The molecule has 3 heteroatoms. The largest absolute Gasteiger partial charge is 0.388 e. The molecule has 94 valence electrons. The SMILES string of the molecule is CNc1cccc(CN(C)c2ccc(Cl)cc2)c1. The van der Waals surface area contributed by atoms with Crippen LogP contribution in [0, 0.1) is 0 Å². The third-order valence-corrected chi connectivity index (χ3v) is 3.15. The highest BCUT2D eigenvalue weighted by Gasteiger charge is 2.02. The maximum absolute atomic E-state index is 5.89. The molecular formula is C15H17ClN2. The standard InChI is InChI=1S/C15H17ClN2/c1-17-14-5-3-4-12(10-14)11-18(2)15-8-6-13(16)7-9-15/h3-10,17H,11H2,1-2H3. The summed E-state index contributed by atoms with van der Waals surface area (Å²) in [6, 6.07) is 16.3. The van der Waals surface area contributed by atoms with E-state index >= 15 is 0 Å². The summed E-state index contributed by atoms with van der Waals surface area (Å²) in [4.78, 5) is 2.20. The lowest BCUT2D eigenvalue weighted by atomic mass is 10.2. The maximum atomic E-state index is 5.89. The first-order valence-corrected chi connectivity index (χ1v) is 6.30. The molecule has 0 atom stereocenters. The highest BCUT2D eigenvalue weighted by molar-refractivity contribution is 6.30. The predicted molar refractivity (Wildman–Crippen MR) is 79.5 cm³/mol. The van der Waals surface area contributed by atoms with Gasteiger partial charge in [-0.05, 0) is 42.0 Å². The van der Waals surface area contributed by atoms with E-state index in [1.165, 1.54) is 5.56 Å². The molecule has 1 N–H and O–H groups in total. The molecule has 0 aliphatic heterocycles. The second-order valence-electron chi connectivity index (χ2n) is 4.28. The van der Waals surface area contributed by atoms with Crippen molar-refractivity contribution in [3.8, 4) is 0 Å². The number of benzene rings is 2. The quantitative estimate of drug-likeness (QED) is 0.893. The molecule has 0 aromatic heterocycles. The molecular weight excluding hydrogens is 244 g/mol. The average molecular weight is 261 g/mol. The molecule has 0 saturated carbocycles. The monoisotopic (exact) mass is 260 g/mol. The van der Waals surface area contributed by atoms with Gasteiger partial charge in [0, 0.05) is 37.0 Å². The minimum atomic E-state index is 0.768. The third kappa shape index (κ3) is 3.17. The summed E-state index contributed by atoms with van der Waals surface area (Å²) in [7, 11) is 4.01. The summed E-state index contributed by atoms with van der Waals surface area (Å²) < 4.78 is 0. The van der Waals surface area contributed by atoms with E-state index in [1.807, 2.05) is 31.3 Å². The van der Waals surface area contributed by atoms with Gasteiger partial charge < -0.3 is 10.2 Å². The molecule has 0 bridgehead atoms. The number of rotatable bonds is 4. The Morgan fingerprint density at radius 3 is 2.50 bits per heavy atom. The van der Waals surface area contributed by atoms with Gasteiger partial charge in [-0.25, -0.2) is 0 Å². The van der Waals surface area contributed by atoms with Crippen molar-refractivity contribution in [3.63, 3.8) is 0 Å². The van der Waals surface area contributed by atoms with Crippen LogP contribution >= 0.6 is 11.6 Å². The van der Waals surface area contributed by atoms with Gasteiger partial charge in [0.05, 0.1) is 0 Å². The average Bonchev–Trinajstić information content (AvgIpc) is 2.39. The van der Waals surface area contributed by atoms with Gasteiger partial charge in [0.15, 0.2) is 0 Å². The van der Waals surface area contributed by atoms with Crippen LogP contribution in [0.1, 0.15) is 5.56 Å². The van der Waals surface area contributed by atoms with Gasteiger partial charge in [-0.15, -0.1) is 0 Å². The zero-order valence-electron chi connectivity index (χ0n) is 10.7. The molecule has 0 radical (unpaired) electrons. The molecule has 2 nitrogen and oxygen atoms in total. The van der Waals surface area contributed by atoms with Gasteiger partial charge in [-0.1, -0.05) is 23.7 Å². The van der Waals surface area contributed by atoms with E-state index in [-0.39, 0.29) is 0 Å². The van der Waals surface area contributed by atoms with Crippen LogP contribution in [0.3, 0.4) is 0 Å². The van der Waals surface area contributed by atoms with E-state index in [2.05, 4.69) is 41.5 Å². The Bertz CT molecular complexity index is 508. The van der Waals surface area contributed by atoms with E-state index in [9.17, 15) is 0 Å². The Balaban J connectivity index is 2.10. The molecule has 0 heterocycles. The molecule has 0 unspecified atom stereocenters. The van der Waals surface area contributed by atoms with Crippen molar-refractivity contribution >= 4 is 23.0 Å². The van der Waals surface area contributed by atoms with E-state index in [0.29, 0.717) is 0 Å². The van der Waals surface area contributed by atoms with Gasteiger partial charge in [0.1, 0.15) is 0 Å². The van der Waals surface area contributed by atoms with Gasteiger partial charge in [-0.2, -0.15) is 0 Å². The van der Waals surface area contributed by atoms with Crippen LogP contribution in [0.4, 0.5) is 11.4 Å². The fourth-order valence-electron chi connectivity index (χ4n) is 1.89. The van der Waals surface area contributed by atoms with Crippen molar-refractivity contribution in [2.24, 2.45) is 0 Å². The first-order valence-electron chi connectivity index (χ1n) is 5.92. The number of hydrogen-bond acceptors (Lipinski definition) is 2. The number of nitrogens with one attached hydrogen (secondary N) is 1. The second-order valence-corrected chi connectivity index (χ2v) is 4.72. The van der Waals surface area contributed by atoms with Gasteiger partial charge in [-0.3, -0.25) is 0 Å². The van der Waals surface area contributed by atoms with Gasteiger partial charge >= 0.3 is 0 Å². The lowest BCUT2D eigenvalue weighted by Gasteiger charge is -2.19. The zero-order valence-corrected chi connectivity index (χ0v) is 11.4. The first-order chi connectivity index (χ1) is 8.69. The molecule has 2 aromatic carbocycles. The van der Waals surface area contributed by atoms with Crippen molar-refractivity contribution in [1.29, 1.82) is 0 Å². The fourth-order valence-corrected chi connectivity index (χ4v) is 2.01. The summed E-state index contributed by atoms with van der Waals surface area (Å²) in [6.45, 7) is 0.872. The second kappa shape index (κ2) is 5.78. The molecule has 18 heavy (non-hydrogen) atoms. The molecule has 2 aromatic rings. The Morgan fingerprint density at radius 1 is 1.11 bits per heavy atom. The number of anilines is 2. The molecule has 0 aliphatic rings. The Hall–Kier alpha value is -1.67. The third-order valence-electron chi connectivity index (χ3n) is 2.90. The minimum absolute atomic E-state index is 0.768. The Kier molecular flexibility index (Phi) is 4.11. The first kappa shape index (κ1) is 12.8. The van der Waals surface area contributed by atoms with Crippen molar-refractivity contribution in [1.82, 2.24) is 0 Å². The van der Waals surface area contributed by atoms with E-state index in [4.69, 9.17) is 11.6 Å². The van der Waals surface area contributed by atoms with Crippen LogP contribution in [0.15, 0.2) is 48.5 Å². The Labute approximate surface area is 113 Å². The van der Waals surface area contributed by atoms with Crippen LogP contribution in [-0.4, -0.2) is 14.1 Å². The number of hydrogen-bond donors (Lipinski definition) is 1. The van der Waals surface area contributed by atoms with E-state index < -0.39 is 0 Å². The van der Waals surface area contributed by atoms with Crippen molar-refractivity contribution in [2.75, 3.05) is 24.3 Å². The van der Waals surface area contributed by atoms with Crippen molar-refractivity contribution in [3.05, 3.63) is 59.1 Å². The molecule has 0 amide bonds. The van der Waals surface area contributed by atoms with Gasteiger partial charge in [0.2, 0.25) is 0 Å². The van der Waals surface area contributed by atoms with Crippen molar-refractivity contribution < 1.29 is 0 Å². The van der Waals surface area contributed by atoms with E-state index in [1.54, 1.807) is 0 Å². The van der Waals surface area contributed by atoms with Gasteiger partial charge in [0.25, 0.3) is 0 Å².